The Hall–Kier alpha value is -1.60. The van der Waals surface area contributed by atoms with E-state index in [0.717, 1.165) is 10.0 Å². The van der Waals surface area contributed by atoms with Gasteiger partial charge in [-0.05, 0) is 72.7 Å². The van der Waals surface area contributed by atoms with Crippen LogP contribution in [0.3, 0.4) is 0 Å². The number of ether oxygens (including phenoxy) is 2. The number of benzene rings is 1. The lowest BCUT2D eigenvalue weighted by atomic mass is 10.1. The van der Waals surface area contributed by atoms with Gasteiger partial charge < -0.3 is 14.4 Å². The van der Waals surface area contributed by atoms with Crippen molar-refractivity contribution in [2.75, 3.05) is 26.8 Å². The van der Waals surface area contributed by atoms with Crippen LogP contribution in [0.2, 0.25) is 0 Å². The zero-order valence-corrected chi connectivity index (χ0v) is 16.7. The fourth-order valence-electron chi connectivity index (χ4n) is 2.47. The summed E-state index contributed by atoms with van der Waals surface area (Å²) in [6.07, 6.45) is 1.81. The molecular formula is C17H21BrN2O3S. The molecule has 0 saturated carbocycles. The maximum absolute atomic E-state index is 12.5. The molecule has 1 aliphatic rings. The van der Waals surface area contributed by atoms with Crippen molar-refractivity contribution in [1.29, 1.82) is 0 Å². The van der Waals surface area contributed by atoms with Gasteiger partial charge in [-0.15, -0.1) is 0 Å². The summed E-state index contributed by atoms with van der Waals surface area (Å²) >= 11 is 8.83. The first kappa shape index (κ1) is 18.7. The third-order valence-electron chi connectivity index (χ3n) is 3.58. The third kappa shape index (κ3) is 3.57. The summed E-state index contributed by atoms with van der Waals surface area (Å²) in [5.74, 6) is 1.22. The molecular weight excluding hydrogens is 392 g/mol. The van der Waals surface area contributed by atoms with E-state index in [1.807, 2.05) is 39.0 Å². The lowest BCUT2D eigenvalue weighted by molar-refractivity contribution is -0.122. The number of amides is 1. The van der Waals surface area contributed by atoms with Crippen molar-refractivity contribution in [2.24, 2.45) is 0 Å². The molecule has 0 bridgehead atoms. The van der Waals surface area contributed by atoms with Crippen molar-refractivity contribution in [3.05, 3.63) is 27.9 Å². The molecule has 1 aromatic carbocycles. The largest absolute Gasteiger partial charge is 0.490 e. The molecule has 1 fully saturated rings. The maximum Gasteiger partial charge on any atom is 0.276 e. The predicted molar refractivity (Wildman–Crippen MR) is 102 cm³/mol. The van der Waals surface area contributed by atoms with Crippen molar-refractivity contribution in [2.45, 2.75) is 20.8 Å². The molecule has 5 nitrogen and oxygen atoms in total. The predicted octanol–water partition coefficient (Wildman–Crippen LogP) is 3.67. The first-order valence-electron chi connectivity index (χ1n) is 7.84. The van der Waals surface area contributed by atoms with E-state index in [4.69, 9.17) is 21.7 Å². The Kier molecular flexibility index (Phi) is 6.23. The second kappa shape index (κ2) is 7.98. The van der Waals surface area contributed by atoms with E-state index in [2.05, 4.69) is 15.9 Å². The number of rotatable bonds is 6. The molecule has 0 aromatic heterocycles. The van der Waals surface area contributed by atoms with Crippen LogP contribution in [0.5, 0.6) is 11.5 Å². The Bertz CT molecular complexity index is 691. The second-order valence-corrected chi connectivity index (χ2v) is 6.34. The van der Waals surface area contributed by atoms with Gasteiger partial charge in [0.05, 0.1) is 17.7 Å². The molecule has 0 atom stereocenters. The third-order valence-corrected chi connectivity index (χ3v) is 4.67. The molecule has 0 unspecified atom stereocenters. The van der Waals surface area contributed by atoms with Gasteiger partial charge in [-0.25, -0.2) is 0 Å². The Morgan fingerprint density at radius 3 is 2.42 bits per heavy atom. The molecule has 0 radical (unpaired) electrons. The Labute approximate surface area is 156 Å². The van der Waals surface area contributed by atoms with Crippen LogP contribution >= 0.6 is 28.1 Å². The molecule has 130 valence electrons. The van der Waals surface area contributed by atoms with Crippen LogP contribution in [-0.2, 0) is 4.79 Å². The summed E-state index contributed by atoms with van der Waals surface area (Å²) in [5.41, 5.74) is 1.38. The number of likely N-dealkylation sites (N-methyl/N-ethyl adjacent to an activating group) is 2. The van der Waals surface area contributed by atoms with Crippen LogP contribution in [0.25, 0.3) is 6.08 Å². The second-order valence-electron chi connectivity index (χ2n) is 5.12. The molecule has 1 aliphatic heterocycles. The Morgan fingerprint density at radius 2 is 1.88 bits per heavy atom. The van der Waals surface area contributed by atoms with Crippen LogP contribution in [-0.4, -0.2) is 47.6 Å². The van der Waals surface area contributed by atoms with E-state index in [-0.39, 0.29) is 5.91 Å². The van der Waals surface area contributed by atoms with Crippen molar-refractivity contribution in [3.8, 4) is 11.5 Å². The summed E-state index contributed by atoms with van der Waals surface area (Å²) in [4.78, 5) is 15.8. The van der Waals surface area contributed by atoms with Gasteiger partial charge in [-0.2, -0.15) is 0 Å². The Morgan fingerprint density at radius 1 is 1.21 bits per heavy atom. The summed E-state index contributed by atoms with van der Waals surface area (Å²) < 4.78 is 12.1. The molecule has 2 rings (SSSR count). The minimum absolute atomic E-state index is 0.0898. The van der Waals surface area contributed by atoms with Gasteiger partial charge in [0.25, 0.3) is 5.91 Å². The zero-order valence-electron chi connectivity index (χ0n) is 14.3. The highest BCUT2D eigenvalue weighted by Gasteiger charge is 2.34. The van der Waals surface area contributed by atoms with Gasteiger partial charge in [0.15, 0.2) is 16.6 Å². The van der Waals surface area contributed by atoms with Crippen molar-refractivity contribution in [3.63, 3.8) is 0 Å². The molecule has 1 saturated heterocycles. The highest BCUT2D eigenvalue weighted by molar-refractivity contribution is 9.10. The topological polar surface area (TPSA) is 42.0 Å². The van der Waals surface area contributed by atoms with Crippen molar-refractivity contribution < 1.29 is 14.3 Å². The number of carbonyl (C=O) groups is 1. The fraction of sp³-hybridized carbons (Fsp3) is 0.412. The number of nitrogens with zero attached hydrogens (tertiary/aromatic N) is 2. The minimum atomic E-state index is -0.0898. The normalized spacial score (nSPS) is 16.3. The van der Waals surface area contributed by atoms with E-state index < -0.39 is 0 Å². The molecule has 0 N–H and O–H groups in total. The summed E-state index contributed by atoms with van der Waals surface area (Å²) in [7, 11) is 1.80. The first-order valence-corrected chi connectivity index (χ1v) is 9.05. The molecule has 1 amide bonds. The van der Waals surface area contributed by atoms with Gasteiger partial charge >= 0.3 is 0 Å². The summed E-state index contributed by atoms with van der Waals surface area (Å²) in [6, 6.07) is 3.77. The van der Waals surface area contributed by atoms with Gasteiger partial charge in [0.2, 0.25) is 0 Å². The maximum atomic E-state index is 12.5. The highest BCUT2D eigenvalue weighted by atomic mass is 79.9. The quantitative estimate of drug-likeness (QED) is 0.526. The van der Waals surface area contributed by atoms with E-state index in [0.29, 0.717) is 42.1 Å². The number of carbonyl (C=O) groups excluding carboxylic acids is 1. The smallest absolute Gasteiger partial charge is 0.276 e. The fourth-order valence-corrected chi connectivity index (χ4v) is 3.35. The average molecular weight is 413 g/mol. The molecule has 1 aromatic rings. The molecule has 0 spiro atoms. The van der Waals surface area contributed by atoms with Crippen LogP contribution in [0.1, 0.15) is 26.3 Å². The van der Waals surface area contributed by atoms with Crippen molar-refractivity contribution >= 4 is 45.2 Å². The monoisotopic (exact) mass is 412 g/mol. The number of hydrogen-bond acceptors (Lipinski definition) is 4. The standard InChI is InChI=1S/C17H21BrN2O3S/c1-5-20-16(21)13(19(4)17(20)24)9-11-8-12(18)15(23-7-3)14(10-11)22-6-2/h8-10H,5-7H2,1-4H3. The number of halogens is 1. The van der Waals surface area contributed by atoms with Crippen LogP contribution in [0.4, 0.5) is 0 Å². The molecule has 1 heterocycles. The van der Waals surface area contributed by atoms with Crippen LogP contribution in [0.15, 0.2) is 22.3 Å². The minimum Gasteiger partial charge on any atom is -0.490 e. The van der Waals surface area contributed by atoms with Gasteiger partial charge in [-0.1, -0.05) is 0 Å². The molecule has 7 heteroatoms. The molecule has 0 aliphatic carbocycles. The van der Waals surface area contributed by atoms with Crippen LogP contribution < -0.4 is 9.47 Å². The summed E-state index contributed by atoms with van der Waals surface area (Å²) in [5, 5.41) is 0.517. The average Bonchev–Trinajstić information content (AvgIpc) is 2.74. The lowest BCUT2D eigenvalue weighted by Crippen LogP contribution is -2.30. The van der Waals surface area contributed by atoms with Gasteiger partial charge in [-0.3, -0.25) is 9.69 Å². The number of thiocarbonyl (C=S) groups is 1. The van der Waals surface area contributed by atoms with E-state index in [1.165, 1.54) is 0 Å². The van der Waals surface area contributed by atoms with Crippen LogP contribution in [0, 0.1) is 0 Å². The van der Waals surface area contributed by atoms with Crippen molar-refractivity contribution in [1.82, 2.24) is 9.80 Å². The van der Waals surface area contributed by atoms with E-state index in [1.54, 1.807) is 16.8 Å². The number of hydrogen-bond donors (Lipinski definition) is 0. The zero-order chi connectivity index (χ0) is 17.9. The van der Waals surface area contributed by atoms with Gasteiger partial charge in [0.1, 0.15) is 5.70 Å². The Balaban J connectivity index is 2.46. The van der Waals surface area contributed by atoms with E-state index >= 15 is 0 Å². The highest BCUT2D eigenvalue weighted by Crippen LogP contribution is 2.38. The first-order chi connectivity index (χ1) is 11.4. The van der Waals surface area contributed by atoms with Gasteiger partial charge in [0, 0.05) is 13.6 Å². The van der Waals surface area contributed by atoms with E-state index in [9.17, 15) is 4.79 Å². The SMILES string of the molecule is CCOc1cc(C=C2C(=O)N(CC)C(=S)N2C)cc(Br)c1OCC. The summed E-state index contributed by atoms with van der Waals surface area (Å²) in [6.45, 7) is 7.36. The molecule has 24 heavy (non-hydrogen) atoms. The lowest BCUT2D eigenvalue weighted by Gasteiger charge is -2.15.